The van der Waals surface area contributed by atoms with E-state index in [1.165, 1.54) is 11.8 Å². The standard InChI is InChI=1S/C27H26N4O2S/c1-19(2)31(22-12-8-5-9-13-22)24(32)18-34-27-28-25(20-10-6-4-7-11-20)26(29-30-27)21-14-16-23(33-3)17-15-21/h4-17,19H,18H2,1-3H3. The van der Waals surface area contributed by atoms with Crippen LogP contribution in [0.1, 0.15) is 13.8 Å². The van der Waals surface area contributed by atoms with Crippen LogP contribution in [0.25, 0.3) is 22.5 Å². The second-order valence-electron chi connectivity index (χ2n) is 7.87. The maximum Gasteiger partial charge on any atom is 0.237 e. The summed E-state index contributed by atoms with van der Waals surface area (Å²) in [6.45, 7) is 4.01. The third kappa shape index (κ3) is 5.43. The molecule has 34 heavy (non-hydrogen) atoms. The summed E-state index contributed by atoms with van der Waals surface area (Å²) in [4.78, 5) is 19.7. The smallest absolute Gasteiger partial charge is 0.237 e. The van der Waals surface area contributed by atoms with E-state index in [2.05, 4.69) is 10.2 Å². The minimum Gasteiger partial charge on any atom is -0.497 e. The highest BCUT2D eigenvalue weighted by molar-refractivity contribution is 7.99. The number of thioether (sulfide) groups is 1. The number of benzene rings is 3. The first-order valence-corrected chi connectivity index (χ1v) is 12.0. The van der Waals surface area contributed by atoms with E-state index >= 15 is 0 Å². The molecule has 0 fully saturated rings. The number of methoxy groups -OCH3 is 1. The van der Waals surface area contributed by atoms with Crippen molar-refractivity contribution in [1.29, 1.82) is 0 Å². The topological polar surface area (TPSA) is 68.2 Å². The molecule has 0 bridgehead atoms. The van der Waals surface area contributed by atoms with Gasteiger partial charge in [0.1, 0.15) is 17.1 Å². The summed E-state index contributed by atoms with van der Waals surface area (Å²) in [5.41, 5.74) is 4.10. The van der Waals surface area contributed by atoms with Gasteiger partial charge < -0.3 is 9.64 Å². The van der Waals surface area contributed by atoms with E-state index in [0.717, 1.165) is 28.3 Å². The van der Waals surface area contributed by atoms with E-state index < -0.39 is 0 Å². The van der Waals surface area contributed by atoms with E-state index in [1.54, 1.807) is 12.0 Å². The molecule has 0 radical (unpaired) electrons. The number of amides is 1. The highest BCUT2D eigenvalue weighted by Crippen LogP contribution is 2.31. The Morgan fingerprint density at radius 1 is 0.853 bits per heavy atom. The lowest BCUT2D eigenvalue weighted by Crippen LogP contribution is -2.38. The minimum atomic E-state index is -0.00436. The molecule has 0 saturated heterocycles. The Morgan fingerprint density at radius 3 is 2.09 bits per heavy atom. The number of carbonyl (C=O) groups excluding carboxylic acids is 1. The van der Waals surface area contributed by atoms with Gasteiger partial charge in [0, 0.05) is 22.9 Å². The molecule has 7 heteroatoms. The quantitative estimate of drug-likeness (QED) is 0.306. The van der Waals surface area contributed by atoms with Crippen LogP contribution < -0.4 is 9.64 Å². The molecule has 0 aliphatic heterocycles. The van der Waals surface area contributed by atoms with Crippen LogP contribution in [0.2, 0.25) is 0 Å². The third-order valence-corrected chi connectivity index (χ3v) is 6.04. The molecule has 6 nitrogen and oxygen atoms in total. The first kappa shape index (κ1) is 23.4. The molecule has 1 amide bonds. The van der Waals surface area contributed by atoms with Gasteiger partial charge >= 0.3 is 0 Å². The zero-order valence-corrected chi connectivity index (χ0v) is 20.2. The highest BCUT2D eigenvalue weighted by atomic mass is 32.2. The molecule has 0 aliphatic carbocycles. The molecule has 0 atom stereocenters. The molecule has 0 saturated carbocycles. The fraction of sp³-hybridized carbons (Fsp3) is 0.185. The van der Waals surface area contributed by atoms with Crippen LogP contribution in [0, 0.1) is 0 Å². The van der Waals surface area contributed by atoms with Crippen LogP contribution in [-0.4, -0.2) is 40.0 Å². The summed E-state index contributed by atoms with van der Waals surface area (Å²) >= 11 is 1.29. The lowest BCUT2D eigenvalue weighted by Gasteiger charge is -2.26. The molecule has 172 valence electrons. The van der Waals surface area contributed by atoms with Gasteiger partial charge in [-0.1, -0.05) is 60.3 Å². The van der Waals surface area contributed by atoms with Gasteiger partial charge in [-0.2, -0.15) is 0 Å². The Balaban J connectivity index is 1.61. The van der Waals surface area contributed by atoms with E-state index in [4.69, 9.17) is 9.72 Å². The minimum absolute atomic E-state index is 0.00436. The number of hydrogen-bond acceptors (Lipinski definition) is 6. The first-order valence-electron chi connectivity index (χ1n) is 11.0. The van der Waals surface area contributed by atoms with Crippen molar-refractivity contribution in [2.45, 2.75) is 25.0 Å². The maximum atomic E-state index is 13.1. The Bertz CT molecular complexity index is 1230. The van der Waals surface area contributed by atoms with Crippen LogP contribution in [-0.2, 0) is 4.79 Å². The number of anilines is 1. The van der Waals surface area contributed by atoms with E-state index in [0.29, 0.717) is 10.9 Å². The van der Waals surface area contributed by atoms with Gasteiger partial charge in [0.25, 0.3) is 0 Å². The van der Waals surface area contributed by atoms with Crippen molar-refractivity contribution < 1.29 is 9.53 Å². The van der Waals surface area contributed by atoms with Gasteiger partial charge in [0.2, 0.25) is 11.1 Å². The number of para-hydroxylation sites is 1. The fourth-order valence-electron chi connectivity index (χ4n) is 3.63. The average molecular weight is 471 g/mol. The zero-order chi connectivity index (χ0) is 23.9. The molecule has 0 aliphatic rings. The molecule has 0 unspecified atom stereocenters. The molecule has 3 aromatic carbocycles. The van der Waals surface area contributed by atoms with Crippen molar-refractivity contribution in [3.05, 3.63) is 84.9 Å². The Kier molecular flexibility index (Phi) is 7.54. The Labute approximate surface area is 204 Å². The largest absolute Gasteiger partial charge is 0.497 e. The van der Waals surface area contributed by atoms with Gasteiger partial charge in [0.15, 0.2) is 0 Å². The van der Waals surface area contributed by atoms with Gasteiger partial charge in [-0.25, -0.2) is 4.98 Å². The normalized spacial score (nSPS) is 10.8. The fourth-order valence-corrected chi connectivity index (χ4v) is 4.27. The predicted molar refractivity (Wildman–Crippen MR) is 137 cm³/mol. The molecule has 1 heterocycles. The maximum absolute atomic E-state index is 13.1. The van der Waals surface area contributed by atoms with Crippen LogP contribution in [0.3, 0.4) is 0 Å². The van der Waals surface area contributed by atoms with E-state index in [9.17, 15) is 4.79 Å². The number of rotatable bonds is 8. The second-order valence-corrected chi connectivity index (χ2v) is 8.81. The summed E-state index contributed by atoms with van der Waals surface area (Å²) in [6, 6.07) is 27.2. The van der Waals surface area contributed by atoms with Crippen molar-refractivity contribution in [2.24, 2.45) is 0 Å². The van der Waals surface area contributed by atoms with Crippen molar-refractivity contribution >= 4 is 23.4 Å². The Morgan fingerprint density at radius 2 is 1.47 bits per heavy atom. The molecular formula is C27H26N4O2S. The number of aromatic nitrogens is 3. The van der Waals surface area contributed by atoms with Crippen molar-refractivity contribution in [2.75, 3.05) is 17.8 Å². The summed E-state index contributed by atoms with van der Waals surface area (Å²) in [5, 5.41) is 9.29. The highest BCUT2D eigenvalue weighted by Gasteiger charge is 2.20. The molecular weight excluding hydrogens is 444 g/mol. The lowest BCUT2D eigenvalue weighted by atomic mass is 10.0. The average Bonchev–Trinajstić information content (AvgIpc) is 2.88. The zero-order valence-electron chi connectivity index (χ0n) is 19.4. The van der Waals surface area contributed by atoms with Gasteiger partial charge in [0.05, 0.1) is 12.9 Å². The first-order chi connectivity index (χ1) is 16.6. The summed E-state index contributed by atoms with van der Waals surface area (Å²) < 4.78 is 5.27. The third-order valence-electron chi connectivity index (χ3n) is 5.22. The van der Waals surface area contributed by atoms with E-state index in [-0.39, 0.29) is 17.7 Å². The van der Waals surface area contributed by atoms with Crippen LogP contribution in [0.5, 0.6) is 5.75 Å². The van der Waals surface area contributed by atoms with E-state index in [1.807, 2.05) is 98.8 Å². The van der Waals surface area contributed by atoms with Crippen LogP contribution in [0.4, 0.5) is 5.69 Å². The summed E-state index contributed by atoms with van der Waals surface area (Å²) in [7, 11) is 1.64. The summed E-state index contributed by atoms with van der Waals surface area (Å²) in [6.07, 6.45) is 0. The second kappa shape index (κ2) is 10.9. The molecule has 0 N–H and O–H groups in total. The summed E-state index contributed by atoms with van der Waals surface area (Å²) in [5.74, 6) is 0.977. The molecule has 4 rings (SSSR count). The van der Waals surface area contributed by atoms with Crippen molar-refractivity contribution in [3.8, 4) is 28.3 Å². The van der Waals surface area contributed by atoms with Gasteiger partial charge in [-0.3, -0.25) is 4.79 Å². The number of hydrogen-bond donors (Lipinski definition) is 0. The Hall–Kier alpha value is -3.71. The SMILES string of the molecule is COc1ccc(-c2nnc(SCC(=O)N(c3ccccc3)C(C)C)nc2-c2ccccc2)cc1. The van der Waals surface area contributed by atoms with Gasteiger partial charge in [-0.05, 0) is 50.2 Å². The number of ether oxygens (including phenoxy) is 1. The predicted octanol–water partition coefficient (Wildman–Crippen LogP) is 5.75. The number of carbonyl (C=O) groups is 1. The van der Waals surface area contributed by atoms with Gasteiger partial charge in [-0.15, -0.1) is 10.2 Å². The number of nitrogens with zero attached hydrogens (tertiary/aromatic N) is 4. The van der Waals surface area contributed by atoms with Crippen LogP contribution in [0.15, 0.2) is 90.1 Å². The molecule has 0 spiro atoms. The monoisotopic (exact) mass is 470 g/mol. The van der Waals surface area contributed by atoms with Crippen molar-refractivity contribution in [3.63, 3.8) is 0 Å². The van der Waals surface area contributed by atoms with Crippen molar-refractivity contribution in [1.82, 2.24) is 15.2 Å². The van der Waals surface area contributed by atoms with Crippen LogP contribution >= 0.6 is 11.8 Å². The lowest BCUT2D eigenvalue weighted by molar-refractivity contribution is -0.116. The molecule has 1 aromatic heterocycles. The molecule has 4 aromatic rings.